The normalized spacial score (nSPS) is 18.0. The van der Waals surface area contributed by atoms with E-state index < -0.39 is 29.5 Å². The number of carbonyl (C=O) groups is 3. The lowest BCUT2D eigenvalue weighted by atomic mass is 9.61. The number of ether oxygens (including phenoxy) is 4. The van der Waals surface area contributed by atoms with Gasteiger partial charge in [-0.2, -0.15) is 4.90 Å². The van der Waals surface area contributed by atoms with Gasteiger partial charge in [0, 0.05) is 23.0 Å². The van der Waals surface area contributed by atoms with Crippen molar-refractivity contribution in [1.82, 2.24) is 10.3 Å². The zero-order valence-corrected chi connectivity index (χ0v) is 32.9. The van der Waals surface area contributed by atoms with E-state index >= 15 is 0 Å². The minimum atomic E-state index is -0.854. The van der Waals surface area contributed by atoms with Gasteiger partial charge in [-0.3, -0.25) is 0 Å². The molecule has 3 amide bonds. The minimum Gasteiger partial charge on any atom is -0.497 e. The molecule has 1 N–H and O–H groups in total. The molecule has 1 atom stereocenters. The number of pyridine rings is 1. The average molecular weight is 738 g/mol. The zero-order valence-electron chi connectivity index (χ0n) is 32.9. The molecule has 1 aliphatic rings. The summed E-state index contributed by atoms with van der Waals surface area (Å²) in [4.78, 5) is 45.3. The highest BCUT2D eigenvalue weighted by Gasteiger charge is 2.43. The molecule has 4 aromatic rings. The second-order valence-electron chi connectivity index (χ2n) is 16.2. The molecule has 10 nitrogen and oxygen atoms in total. The van der Waals surface area contributed by atoms with Gasteiger partial charge >= 0.3 is 18.3 Å². The topological polar surface area (TPSA) is 116 Å². The fourth-order valence-corrected chi connectivity index (χ4v) is 7.41. The van der Waals surface area contributed by atoms with Gasteiger partial charge in [0.05, 0.1) is 7.11 Å². The quantitative estimate of drug-likeness (QED) is 0.160. The SMILES string of the molecule is CCC(NC(=O)OCc1ccccc1)C1(c2ccc(OC)cc2)CCC(Cc2ccc3c(N(C(=O)OC(C)(C)C)C(=O)OC(C)(C)C)nccc3c2)CC1. The van der Waals surface area contributed by atoms with Crippen LogP contribution in [0.15, 0.2) is 85.1 Å². The number of nitrogens with one attached hydrogen (secondary N) is 1. The van der Waals surface area contributed by atoms with Gasteiger partial charge in [0.1, 0.15) is 23.6 Å². The Labute approximate surface area is 319 Å². The van der Waals surface area contributed by atoms with E-state index in [1.165, 1.54) is 5.56 Å². The van der Waals surface area contributed by atoms with Crippen molar-refractivity contribution < 1.29 is 33.3 Å². The summed E-state index contributed by atoms with van der Waals surface area (Å²) < 4.78 is 22.4. The molecule has 1 unspecified atom stereocenters. The number of imide groups is 1. The van der Waals surface area contributed by atoms with Crippen LogP contribution in [0.1, 0.15) is 97.3 Å². The number of aromatic nitrogens is 1. The molecular formula is C44H55N3O7. The summed E-state index contributed by atoms with van der Waals surface area (Å²) in [5.74, 6) is 1.36. The van der Waals surface area contributed by atoms with Crippen molar-refractivity contribution in [2.75, 3.05) is 12.0 Å². The molecular weight excluding hydrogens is 682 g/mol. The molecule has 0 aliphatic heterocycles. The number of rotatable bonds is 10. The van der Waals surface area contributed by atoms with Crippen LogP contribution in [0, 0.1) is 5.92 Å². The second-order valence-corrected chi connectivity index (χ2v) is 16.2. The number of amides is 3. The Morgan fingerprint density at radius 2 is 1.48 bits per heavy atom. The molecule has 1 aromatic heterocycles. The molecule has 1 heterocycles. The molecule has 1 aliphatic carbocycles. The van der Waals surface area contributed by atoms with Crippen LogP contribution in [0.25, 0.3) is 10.8 Å². The Morgan fingerprint density at radius 3 is 2.06 bits per heavy atom. The standard InChI is InChI=1S/C44H55N3O7/c1-9-37(46-39(48)52-29-31-13-11-10-12-14-31)44(34-16-18-35(51-8)19-17-34)24-21-30(22-25-44)27-32-15-20-36-33(28-32)23-26-45-38(36)47(40(49)53-42(2,3)4)41(50)54-43(5,6)7/h10-20,23,26,28,30,37H,9,21-22,24-25,27,29H2,1-8H3,(H,46,48). The third-order valence-corrected chi connectivity index (χ3v) is 9.94. The number of nitrogens with zero attached hydrogens (tertiary/aromatic N) is 2. The smallest absolute Gasteiger partial charge is 0.425 e. The van der Waals surface area contributed by atoms with E-state index in [1.54, 1.807) is 54.8 Å². The van der Waals surface area contributed by atoms with Crippen LogP contribution in [0.4, 0.5) is 20.2 Å². The van der Waals surface area contributed by atoms with Gasteiger partial charge in [-0.1, -0.05) is 67.6 Å². The van der Waals surface area contributed by atoms with Crippen LogP contribution in [0.5, 0.6) is 5.75 Å². The molecule has 0 spiro atoms. The lowest BCUT2D eigenvalue weighted by Crippen LogP contribution is -2.52. The Hall–Kier alpha value is -5.12. The first-order valence-corrected chi connectivity index (χ1v) is 18.9. The third kappa shape index (κ3) is 10.1. The van der Waals surface area contributed by atoms with Crippen molar-refractivity contribution in [2.24, 2.45) is 5.92 Å². The molecule has 1 saturated carbocycles. The van der Waals surface area contributed by atoms with Crippen LogP contribution < -0.4 is 15.0 Å². The summed E-state index contributed by atoms with van der Waals surface area (Å²) in [6.07, 6.45) is 4.80. The highest BCUT2D eigenvalue weighted by molar-refractivity contribution is 6.13. The summed E-state index contributed by atoms with van der Waals surface area (Å²) in [7, 11) is 1.66. The highest BCUT2D eigenvalue weighted by Crippen LogP contribution is 2.46. The number of benzene rings is 3. The maximum Gasteiger partial charge on any atom is 0.425 e. The fraction of sp³-hybridized carbons (Fsp3) is 0.455. The zero-order chi connectivity index (χ0) is 39.1. The second kappa shape index (κ2) is 16.9. The van der Waals surface area contributed by atoms with Crippen molar-refractivity contribution in [1.29, 1.82) is 0 Å². The molecule has 54 heavy (non-hydrogen) atoms. The lowest BCUT2D eigenvalue weighted by Gasteiger charge is -2.46. The Balaban J connectivity index is 1.35. The van der Waals surface area contributed by atoms with Crippen molar-refractivity contribution in [3.8, 4) is 5.75 Å². The van der Waals surface area contributed by atoms with Gasteiger partial charge in [0.15, 0.2) is 5.82 Å². The number of anilines is 1. The summed E-state index contributed by atoms with van der Waals surface area (Å²) in [5.41, 5.74) is 1.33. The van der Waals surface area contributed by atoms with E-state index in [9.17, 15) is 14.4 Å². The number of hydrogen-bond acceptors (Lipinski definition) is 8. The molecule has 0 bridgehead atoms. The van der Waals surface area contributed by atoms with E-state index in [4.69, 9.17) is 18.9 Å². The average Bonchev–Trinajstić information content (AvgIpc) is 3.12. The van der Waals surface area contributed by atoms with Crippen molar-refractivity contribution in [3.63, 3.8) is 0 Å². The van der Waals surface area contributed by atoms with Gasteiger partial charge in [-0.05, 0) is 126 Å². The first-order valence-electron chi connectivity index (χ1n) is 18.9. The van der Waals surface area contributed by atoms with Crippen LogP contribution in [0.2, 0.25) is 0 Å². The summed E-state index contributed by atoms with van der Waals surface area (Å²) in [6.45, 7) is 12.8. The van der Waals surface area contributed by atoms with E-state index in [-0.39, 0.29) is 23.9 Å². The molecule has 288 valence electrons. The van der Waals surface area contributed by atoms with E-state index in [0.29, 0.717) is 11.3 Å². The number of fused-ring (bicyclic) bond motifs is 1. The highest BCUT2D eigenvalue weighted by atomic mass is 16.6. The largest absolute Gasteiger partial charge is 0.497 e. The van der Waals surface area contributed by atoms with Gasteiger partial charge in [-0.15, -0.1) is 0 Å². The first-order chi connectivity index (χ1) is 25.6. The van der Waals surface area contributed by atoms with Gasteiger partial charge in [-0.25, -0.2) is 19.4 Å². The first kappa shape index (κ1) is 40.1. The predicted octanol–water partition coefficient (Wildman–Crippen LogP) is 10.3. The number of methoxy groups -OCH3 is 1. The molecule has 0 saturated heterocycles. The molecule has 5 rings (SSSR count). The van der Waals surface area contributed by atoms with Gasteiger partial charge in [0.2, 0.25) is 0 Å². The third-order valence-electron chi connectivity index (χ3n) is 9.94. The number of hydrogen-bond donors (Lipinski definition) is 1. The maximum absolute atomic E-state index is 13.4. The fourth-order valence-electron chi connectivity index (χ4n) is 7.41. The molecule has 3 aromatic carbocycles. The number of carbonyl (C=O) groups excluding carboxylic acids is 3. The van der Waals surface area contributed by atoms with Crippen LogP contribution >= 0.6 is 0 Å². The Bertz CT molecular complexity index is 1860. The maximum atomic E-state index is 13.4. The van der Waals surface area contributed by atoms with E-state index in [2.05, 4.69) is 35.4 Å². The molecule has 1 fully saturated rings. The molecule has 0 radical (unpaired) electrons. The summed E-state index contributed by atoms with van der Waals surface area (Å²) in [6, 6.07) is 25.8. The van der Waals surface area contributed by atoms with Gasteiger partial charge < -0.3 is 24.3 Å². The van der Waals surface area contributed by atoms with Crippen molar-refractivity contribution >= 4 is 34.9 Å². The minimum absolute atomic E-state index is 0.125. The summed E-state index contributed by atoms with van der Waals surface area (Å²) >= 11 is 0. The summed E-state index contributed by atoms with van der Waals surface area (Å²) in [5, 5.41) is 4.73. The van der Waals surface area contributed by atoms with E-state index in [0.717, 1.165) is 65.7 Å². The molecule has 10 heteroatoms. The monoisotopic (exact) mass is 737 g/mol. The van der Waals surface area contributed by atoms with Gasteiger partial charge in [0.25, 0.3) is 0 Å². The Kier molecular flexibility index (Phi) is 12.6. The van der Waals surface area contributed by atoms with Crippen LogP contribution in [-0.4, -0.2) is 47.6 Å². The van der Waals surface area contributed by atoms with Crippen LogP contribution in [0.3, 0.4) is 0 Å². The van der Waals surface area contributed by atoms with Crippen LogP contribution in [-0.2, 0) is 32.7 Å². The van der Waals surface area contributed by atoms with Crippen molar-refractivity contribution in [2.45, 2.75) is 116 Å². The van der Waals surface area contributed by atoms with E-state index in [1.807, 2.05) is 60.7 Å². The van der Waals surface area contributed by atoms with Crippen molar-refractivity contribution in [3.05, 3.63) is 102 Å². The Morgan fingerprint density at radius 1 is 0.852 bits per heavy atom. The predicted molar refractivity (Wildman–Crippen MR) is 211 cm³/mol. The number of alkyl carbamates (subject to hydrolysis) is 1. The lowest BCUT2D eigenvalue weighted by molar-refractivity contribution is 0.0429.